The van der Waals surface area contributed by atoms with Crippen molar-refractivity contribution in [2.24, 2.45) is 17.3 Å². The highest BCUT2D eigenvalue weighted by Crippen LogP contribution is 2.70. The molecule has 26 heavy (non-hydrogen) atoms. The summed E-state index contributed by atoms with van der Waals surface area (Å²) in [4.78, 5) is 12.4. The Balaban J connectivity index is 1.76. The smallest absolute Gasteiger partial charge is 0.258 e. The summed E-state index contributed by atoms with van der Waals surface area (Å²) in [6, 6.07) is 5.75. The van der Waals surface area contributed by atoms with Crippen molar-refractivity contribution in [2.75, 3.05) is 5.32 Å². The molecule has 4 nitrogen and oxygen atoms in total. The number of carbonyl (C=O) groups is 1. The molecule has 0 spiro atoms. The lowest BCUT2D eigenvalue weighted by atomic mass is 9.61. The fourth-order valence-electron chi connectivity index (χ4n) is 5.52. The molecule has 138 valence electrons. The summed E-state index contributed by atoms with van der Waals surface area (Å²) in [7, 11) is 0. The Labute approximate surface area is 151 Å². The number of hydrogen-bond acceptors (Lipinski definition) is 2. The third kappa shape index (κ3) is 2.24. The maximum absolute atomic E-state index is 14.2. The van der Waals surface area contributed by atoms with E-state index in [1.807, 2.05) is 32.0 Å². The fourth-order valence-corrected chi connectivity index (χ4v) is 5.52. The van der Waals surface area contributed by atoms with Crippen LogP contribution >= 0.6 is 0 Å². The zero-order valence-electron chi connectivity index (χ0n) is 15.1. The molecule has 2 bridgehead atoms. The second kappa shape index (κ2) is 5.89. The van der Waals surface area contributed by atoms with Gasteiger partial charge < -0.3 is 5.32 Å². The molecule has 1 aromatic heterocycles. The van der Waals surface area contributed by atoms with Crippen molar-refractivity contribution in [3.8, 4) is 0 Å². The number of nitrogens with zero attached hydrogens (tertiary/aromatic N) is 1. The molecule has 1 amide bonds. The van der Waals surface area contributed by atoms with Gasteiger partial charge in [-0.1, -0.05) is 32.9 Å². The number of halogens is 2. The van der Waals surface area contributed by atoms with Crippen LogP contribution in [-0.2, 0) is 0 Å². The van der Waals surface area contributed by atoms with E-state index in [1.165, 1.54) is 12.4 Å². The van der Waals surface area contributed by atoms with Crippen LogP contribution in [0.1, 0.15) is 60.5 Å². The molecule has 1 saturated carbocycles. The summed E-state index contributed by atoms with van der Waals surface area (Å²) in [5.74, 6) is -0.272. The minimum Gasteiger partial charge on any atom is -0.322 e. The number of nitrogens with one attached hydrogen (secondary N) is 2. The van der Waals surface area contributed by atoms with Gasteiger partial charge in [0.2, 0.25) is 6.43 Å². The third-order valence-electron chi connectivity index (χ3n) is 6.48. The first kappa shape index (κ1) is 17.2. The largest absolute Gasteiger partial charge is 0.322 e. The summed E-state index contributed by atoms with van der Waals surface area (Å²) in [5.41, 5.74) is 2.02. The Morgan fingerprint density at radius 3 is 2.77 bits per heavy atom. The third-order valence-corrected chi connectivity index (χ3v) is 6.48. The Hall–Kier alpha value is -2.24. The number of aromatic amines is 1. The van der Waals surface area contributed by atoms with Gasteiger partial charge in [0.05, 0.1) is 11.8 Å². The number of alkyl halides is 2. The minimum absolute atomic E-state index is 0.0557. The first-order valence-corrected chi connectivity index (χ1v) is 9.06. The summed E-state index contributed by atoms with van der Waals surface area (Å²) in [6.45, 7) is 5.80. The molecule has 2 aliphatic carbocycles. The van der Waals surface area contributed by atoms with Crippen LogP contribution in [-0.4, -0.2) is 22.5 Å². The molecule has 0 saturated heterocycles. The van der Waals surface area contributed by atoms with Gasteiger partial charge in [0.1, 0.15) is 0 Å². The van der Waals surface area contributed by atoms with Crippen molar-refractivity contribution in [1.82, 2.24) is 10.2 Å². The summed E-state index contributed by atoms with van der Waals surface area (Å²) in [6.07, 6.45) is 1.30. The van der Waals surface area contributed by atoms with E-state index in [-0.39, 0.29) is 29.6 Å². The minimum atomic E-state index is -2.39. The lowest BCUT2D eigenvalue weighted by Crippen LogP contribution is -2.41. The number of fused-ring (bicyclic) bond motifs is 5. The van der Waals surface area contributed by atoms with E-state index in [0.29, 0.717) is 11.3 Å². The summed E-state index contributed by atoms with van der Waals surface area (Å²) >= 11 is 0. The molecule has 4 rings (SSSR count). The number of rotatable bonds is 4. The van der Waals surface area contributed by atoms with E-state index in [2.05, 4.69) is 15.5 Å². The maximum atomic E-state index is 14.2. The van der Waals surface area contributed by atoms with Crippen molar-refractivity contribution in [2.45, 2.75) is 45.5 Å². The van der Waals surface area contributed by atoms with Crippen LogP contribution in [0.5, 0.6) is 0 Å². The highest BCUT2D eigenvalue weighted by molar-refractivity contribution is 6.04. The van der Waals surface area contributed by atoms with Crippen LogP contribution in [0.25, 0.3) is 0 Å². The number of anilines is 1. The van der Waals surface area contributed by atoms with Crippen LogP contribution in [0.4, 0.5) is 14.5 Å². The molecule has 2 N–H and O–H groups in total. The van der Waals surface area contributed by atoms with Crippen molar-refractivity contribution in [1.29, 1.82) is 0 Å². The second-order valence-electron chi connectivity index (χ2n) is 8.08. The molecule has 0 radical (unpaired) electrons. The lowest BCUT2D eigenvalue weighted by molar-refractivity contribution is -0.0496. The topological polar surface area (TPSA) is 57.8 Å². The van der Waals surface area contributed by atoms with Gasteiger partial charge in [-0.25, -0.2) is 8.78 Å². The molecule has 1 heterocycles. The highest BCUT2D eigenvalue weighted by atomic mass is 19.3. The van der Waals surface area contributed by atoms with Crippen LogP contribution in [0, 0.1) is 17.3 Å². The zero-order valence-corrected chi connectivity index (χ0v) is 15.1. The number of H-pyrrole nitrogens is 1. The number of amides is 1. The predicted octanol–water partition coefficient (Wildman–Crippen LogP) is 4.79. The van der Waals surface area contributed by atoms with Gasteiger partial charge in [0, 0.05) is 17.3 Å². The molecule has 2 aliphatic rings. The molecule has 6 heteroatoms. The van der Waals surface area contributed by atoms with Crippen molar-refractivity contribution >= 4 is 11.6 Å². The van der Waals surface area contributed by atoms with Crippen LogP contribution in [0.15, 0.2) is 30.6 Å². The van der Waals surface area contributed by atoms with Gasteiger partial charge in [-0.05, 0) is 47.3 Å². The van der Waals surface area contributed by atoms with E-state index < -0.39 is 11.8 Å². The average molecular weight is 359 g/mol. The molecule has 2 aromatic rings. The van der Waals surface area contributed by atoms with Crippen LogP contribution in [0.2, 0.25) is 0 Å². The van der Waals surface area contributed by atoms with Gasteiger partial charge in [0.15, 0.2) is 0 Å². The normalized spacial score (nSPS) is 29.4. The average Bonchev–Trinajstić information content (AvgIpc) is 3.29. The highest BCUT2D eigenvalue weighted by Gasteiger charge is 2.63. The quantitative estimate of drug-likeness (QED) is 0.824. The van der Waals surface area contributed by atoms with Gasteiger partial charge in [0.25, 0.3) is 5.91 Å². The Morgan fingerprint density at radius 2 is 2.15 bits per heavy atom. The maximum Gasteiger partial charge on any atom is 0.258 e. The van der Waals surface area contributed by atoms with Crippen molar-refractivity contribution in [3.05, 3.63) is 47.3 Å². The van der Waals surface area contributed by atoms with E-state index >= 15 is 0 Å². The van der Waals surface area contributed by atoms with Gasteiger partial charge >= 0.3 is 0 Å². The van der Waals surface area contributed by atoms with Crippen molar-refractivity contribution < 1.29 is 13.6 Å². The van der Waals surface area contributed by atoms with Crippen molar-refractivity contribution in [3.63, 3.8) is 0 Å². The van der Waals surface area contributed by atoms with Crippen LogP contribution < -0.4 is 5.32 Å². The van der Waals surface area contributed by atoms with Gasteiger partial charge in [-0.15, -0.1) is 0 Å². The monoisotopic (exact) mass is 359 g/mol. The van der Waals surface area contributed by atoms with Crippen LogP contribution in [0.3, 0.4) is 0 Å². The van der Waals surface area contributed by atoms with E-state index in [9.17, 15) is 13.6 Å². The Bertz CT molecular complexity index is 834. The first-order chi connectivity index (χ1) is 12.4. The second-order valence-corrected chi connectivity index (χ2v) is 8.08. The summed E-state index contributed by atoms with van der Waals surface area (Å²) in [5, 5.41) is 9.30. The van der Waals surface area contributed by atoms with E-state index in [1.54, 1.807) is 6.92 Å². The summed E-state index contributed by atoms with van der Waals surface area (Å²) < 4.78 is 28.4. The number of hydrogen-bond donors (Lipinski definition) is 2. The SMILES string of the molecule is CC(C)C1C2CC(c3c(NC(=O)c4cn[nH]c4)cccc32)C1(C)C(F)F. The Morgan fingerprint density at radius 1 is 1.38 bits per heavy atom. The standard InChI is InChI=1S/C20H23F2N3O/c1-10(2)17-13-7-14(20(17,3)19(21)22)16-12(13)5-4-6-15(16)25-18(26)11-8-23-24-9-11/h4-6,8-10,13-14,17,19H,7H2,1-3H3,(H,23,24)(H,25,26). The molecular weight excluding hydrogens is 336 g/mol. The predicted molar refractivity (Wildman–Crippen MR) is 95.5 cm³/mol. The van der Waals surface area contributed by atoms with E-state index in [4.69, 9.17) is 0 Å². The zero-order chi connectivity index (χ0) is 18.6. The van der Waals surface area contributed by atoms with Gasteiger partial charge in [-0.2, -0.15) is 5.10 Å². The number of aromatic nitrogens is 2. The number of benzene rings is 1. The molecular formula is C20H23F2N3O. The lowest BCUT2D eigenvalue weighted by Gasteiger charge is -2.44. The molecule has 1 fully saturated rings. The molecule has 1 aromatic carbocycles. The fraction of sp³-hybridized carbons (Fsp3) is 0.500. The molecule has 4 unspecified atom stereocenters. The molecule has 0 aliphatic heterocycles. The Kier molecular flexibility index (Phi) is 3.90. The number of carbonyl (C=O) groups excluding carboxylic acids is 1. The van der Waals surface area contributed by atoms with Gasteiger partial charge in [-0.3, -0.25) is 9.89 Å². The molecule has 4 atom stereocenters. The van der Waals surface area contributed by atoms with E-state index in [0.717, 1.165) is 17.5 Å². The first-order valence-electron chi connectivity index (χ1n) is 9.06.